The molecule has 0 radical (unpaired) electrons. The molecule has 3 heteroatoms. The van der Waals surface area contributed by atoms with Crippen molar-refractivity contribution in [3.8, 4) is 0 Å². The standard InChI is InChI=1S/C14H21NOS/c1-11-3-4-13(7-12(11)2)8-15-9-14(16)5-6-17-10-14/h3-4,7,15-16H,5-6,8-10H2,1-2H3. The molecule has 1 aliphatic heterocycles. The molecule has 0 spiro atoms. The van der Waals surface area contributed by atoms with Gasteiger partial charge in [0.25, 0.3) is 0 Å². The third-order valence-electron chi connectivity index (χ3n) is 3.44. The average Bonchev–Trinajstić information content (AvgIpc) is 2.71. The van der Waals surface area contributed by atoms with Crippen LogP contribution < -0.4 is 5.32 Å². The van der Waals surface area contributed by atoms with Crippen molar-refractivity contribution in [2.24, 2.45) is 0 Å². The predicted octanol–water partition coefficient (Wildman–Crippen LogP) is 2.26. The van der Waals surface area contributed by atoms with Crippen LogP contribution in [0.25, 0.3) is 0 Å². The van der Waals surface area contributed by atoms with Crippen molar-refractivity contribution in [3.05, 3.63) is 34.9 Å². The first kappa shape index (κ1) is 12.9. The van der Waals surface area contributed by atoms with Crippen molar-refractivity contribution in [1.82, 2.24) is 5.32 Å². The minimum atomic E-state index is -0.482. The molecule has 1 unspecified atom stereocenters. The van der Waals surface area contributed by atoms with Crippen molar-refractivity contribution in [2.75, 3.05) is 18.1 Å². The van der Waals surface area contributed by atoms with Gasteiger partial charge in [-0.3, -0.25) is 0 Å². The van der Waals surface area contributed by atoms with E-state index in [1.807, 2.05) is 11.8 Å². The smallest absolute Gasteiger partial charge is 0.0869 e. The SMILES string of the molecule is Cc1ccc(CNCC2(O)CCSC2)cc1C. The first-order chi connectivity index (χ1) is 8.09. The highest BCUT2D eigenvalue weighted by atomic mass is 32.2. The molecule has 1 heterocycles. The summed E-state index contributed by atoms with van der Waals surface area (Å²) in [6.07, 6.45) is 0.914. The number of aliphatic hydroxyl groups is 1. The third-order valence-corrected chi connectivity index (χ3v) is 4.67. The molecule has 2 rings (SSSR count). The Kier molecular flexibility index (Phi) is 4.13. The van der Waals surface area contributed by atoms with Gasteiger partial charge in [0.2, 0.25) is 0 Å². The summed E-state index contributed by atoms with van der Waals surface area (Å²) in [5.74, 6) is 1.95. The van der Waals surface area contributed by atoms with Gasteiger partial charge in [0.15, 0.2) is 0 Å². The number of nitrogens with one attached hydrogen (secondary N) is 1. The van der Waals surface area contributed by atoms with Crippen LogP contribution in [-0.4, -0.2) is 28.8 Å². The fourth-order valence-electron chi connectivity index (χ4n) is 2.09. The lowest BCUT2D eigenvalue weighted by Gasteiger charge is -2.21. The Morgan fingerprint density at radius 2 is 2.18 bits per heavy atom. The molecule has 1 atom stereocenters. The van der Waals surface area contributed by atoms with E-state index in [9.17, 15) is 5.11 Å². The summed E-state index contributed by atoms with van der Waals surface area (Å²) in [6, 6.07) is 6.53. The molecule has 17 heavy (non-hydrogen) atoms. The maximum absolute atomic E-state index is 10.2. The number of hydrogen-bond acceptors (Lipinski definition) is 3. The molecule has 1 aromatic rings. The number of aryl methyl sites for hydroxylation is 2. The van der Waals surface area contributed by atoms with Crippen molar-refractivity contribution in [1.29, 1.82) is 0 Å². The Hall–Kier alpha value is -0.510. The Balaban J connectivity index is 1.83. The zero-order valence-corrected chi connectivity index (χ0v) is 11.4. The van der Waals surface area contributed by atoms with Gasteiger partial charge in [-0.2, -0.15) is 11.8 Å². The lowest BCUT2D eigenvalue weighted by Crippen LogP contribution is -2.40. The van der Waals surface area contributed by atoms with Gasteiger partial charge in [0, 0.05) is 18.8 Å². The summed E-state index contributed by atoms with van der Waals surface area (Å²) >= 11 is 1.84. The van der Waals surface area contributed by atoms with E-state index in [0.717, 1.165) is 24.5 Å². The van der Waals surface area contributed by atoms with Crippen molar-refractivity contribution in [2.45, 2.75) is 32.4 Å². The lowest BCUT2D eigenvalue weighted by molar-refractivity contribution is 0.0675. The summed E-state index contributed by atoms with van der Waals surface area (Å²) < 4.78 is 0. The van der Waals surface area contributed by atoms with E-state index in [0.29, 0.717) is 6.54 Å². The Bertz CT molecular complexity index is 386. The monoisotopic (exact) mass is 251 g/mol. The summed E-state index contributed by atoms with van der Waals surface area (Å²) in [6.45, 7) is 5.81. The molecule has 0 aliphatic carbocycles. The topological polar surface area (TPSA) is 32.3 Å². The lowest BCUT2D eigenvalue weighted by atomic mass is 10.0. The van der Waals surface area contributed by atoms with Crippen LogP contribution >= 0.6 is 11.8 Å². The van der Waals surface area contributed by atoms with Crippen molar-refractivity contribution >= 4 is 11.8 Å². The molecule has 1 saturated heterocycles. The molecular formula is C14H21NOS. The fraction of sp³-hybridized carbons (Fsp3) is 0.571. The van der Waals surface area contributed by atoms with Crippen LogP contribution in [-0.2, 0) is 6.54 Å². The number of benzene rings is 1. The van der Waals surface area contributed by atoms with Gasteiger partial charge in [-0.15, -0.1) is 0 Å². The first-order valence-corrected chi connectivity index (χ1v) is 7.32. The van der Waals surface area contributed by atoms with E-state index in [-0.39, 0.29) is 0 Å². The van der Waals surface area contributed by atoms with Crippen LogP contribution in [0, 0.1) is 13.8 Å². The zero-order valence-electron chi connectivity index (χ0n) is 10.6. The number of rotatable bonds is 4. The second-order valence-electron chi connectivity index (χ2n) is 5.05. The fourth-order valence-corrected chi connectivity index (χ4v) is 3.38. The average molecular weight is 251 g/mol. The van der Waals surface area contributed by atoms with Gasteiger partial charge < -0.3 is 10.4 Å². The van der Waals surface area contributed by atoms with Crippen LogP contribution in [0.15, 0.2) is 18.2 Å². The van der Waals surface area contributed by atoms with E-state index in [1.165, 1.54) is 16.7 Å². The van der Waals surface area contributed by atoms with E-state index in [4.69, 9.17) is 0 Å². The molecule has 1 aromatic carbocycles. The highest BCUT2D eigenvalue weighted by Gasteiger charge is 2.30. The quantitative estimate of drug-likeness (QED) is 0.861. The summed E-state index contributed by atoms with van der Waals surface area (Å²) in [5.41, 5.74) is 3.48. The van der Waals surface area contributed by atoms with Crippen molar-refractivity contribution < 1.29 is 5.11 Å². The summed E-state index contributed by atoms with van der Waals surface area (Å²) in [5, 5.41) is 13.6. The third kappa shape index (κ3) is 3.47. The molecule has 94 valence electrons. The molecule has 0 aromatic heterocycles. The van der Waals surface area contributed by atoms with Gasteiger partial charge in [0.1, 0.15) is 0 Å². The molecular weight excluding hydrogens is 230 g/mol. The van der Waals surface area contributed by atoms with Gasteiger partial charge in [-0.1, -0.05) is 18.2 Å². The van der Waals surface area contributed by atoms with Crippen LogP contribution in [0.3, 0.4) is 0 Å². The highest BCUT2D eigenvalue weighted by Crippen LogP contribution is 2.27. The largest absolute Gasteiger partial charge is 0.388 e. The molecule has 1 aliphatic rings. The minimum absolute atomic E-state index is 0.482. The molecule has 0 amide bonds. The molecule has 2 nitrogen and oxygen atoms in total. The second-order valence-corrected chi connectivity index (χ2v) is 6.15. The van der Waals surface area contributed by atoms with Gasteiger partial charge >= 0.3 is 0 Å². The second kappa shape index (κ2) is 5.42. The highest BCUT2D eigenvalue weighted by molar-refractivity contribution is 7.99. The van der Waals surface area contributed by atoms with Crippen LogP contribution in [0.1, 0.15) is 23.1 Å². The van der Waals surface area contributed by atoms with E-state index >= 15 is 0 Å². The maximum Gasteiger partial charge on any atom is 0.0869 e. The predicted molar refractivity (Wildman–Crippen MR) is 74.5 cm³/mol. The maximum atomic E-state index is 10.2. The van der Waals surface area contributed by atoms with Crippen LogP contribution in [0.4, 0.5) is 0 Å². The number of hydrogen-bond donors (Lipinski definition) is 2. The van der Waals surface area contributed by atoms with Gasteiger partial charge in [-0.25, -0.2) is 0 Å². The van der Waals surface area contributed by atoms with Crippen molar-refractivity contribution in [3.63, 3.8) is 0 Å². The molecule has 2 N–H and O–H groups in total. The first-order valence-electron chi connectivity index (χ1n) is 6.16. The molecule has 0 bridgehead atoms. The minimum Gasteiger partial charge on any atom is -0.388 e. The van der Waals surface area contributed by atoms with Gasteiger partial charge in [0.05, 0.1) is 5.60 Å². The van der Waals surface area contributed by atoms with Gasteiger partial charge in [-0.05, 0) is 42.7 Å². The van der Waals surface area contributed by atoms with Crippen LogP contribution in [0.5, 0.6) is 0 Å². The Morgan fingerprint density at radius 3 is 2.82 bits per heavy atom. The molecule has 0 saturated carbocycles. The normalized spacial score (nSPS) is 24.2. The van der Waals surface area contributed by atoms with Crippen LogP contribution in [0.2, 0.25) is 0 Å². The molecule has 1 fully saturated rings. The Morgan fingerprint density at radius 1 is 1.35 bits per heavy atom. The Labute approximate surface area is 108 Å². The van der Waals surface area contributed by atoms with E-state index in [2.05, 4.69) is 37.4 Å². The number of thioether (sulfide) groups is 1. The van der Waals surface area contributed by atoms with E-state index in [1.54, 1.807) is 0 Å². The summed E-state index contributed by atoms with van der Waals surface area (Å²) in [7, 11) is 0. The zero-order chi connectivity index (χ0) is 12.3. The van der Waals surface area contributed by atoms with E-state index < -0.39 is 5.60 Å². The summed E-state index contributed by atoms with van der Waals surface area (Å²) in [4.78, 5) is 0.